The van der Waals surface area contributed by atoms with Crippen LogP contribution in [-0.2, 0) is 24.3 Å². The Labute approximate surface area is 206 Å². The lowest BCUT2D eigenvalue weighted by atomic mass is 10.1. The molecule has 3 rings (SSSR count). The molecule has 2 N–H and O–H groups in total. The highest BCUT2D eigenvalue weighted by Crippen LogP contribution is 2.21. The first-order valence-corrected chi connectivity index (χ1v) is 11.9. The second-order valence-electron chi connectivity index (χ2n) is 6.99. The van der Waals surface area contributed by atoms with E-state index < -0.39 is 0 Å². The molecule has 0 aliphatic heterocycles. The fraction of sp³-hybridized carbons (Fsp3) is 0.217. The molecule has 0 radical (unpaired) electrons. The van der Waals surface area contributed by atoms with E-state index in [2.05, 4.69) is 34.3 Å². The number of anilines is 1. The molecule has 172 valence electrons. The Morgan fingerprint density at radius 3 is 2.58 bits per heavy atom. The van der Waals surface area contributed by atoms with Gasteiger partial charge in [-0.25, -0.2) is 0 Å². The molecule has 0 aliphatic carbocycles. The first-order valence-electron chi connectivity index (χ1n) is 10.2. The molecule has 0 aliphatic rings. The molecule has 0 saturated carbocycles. The summed E-state index contributed by atoms with van der Waals surface area (Å²) in [6, 6.07) is 12.4. The van der Waals surface area contributed by atoms with E-state index in [0.717, 1.165) is 12.1 Å². The summed E-state index contributed by atoms with van der Waals surface area (Å²) < 4.78 is 1.80. The normalized spacial score (nSPS) is 10.6. The van der Waals surface area contributed by atoms with E-state index in [1.54, 1.807) is 22.8 Å². The molecule has 2 aromatic carbocycles. The van der Waals surface area contributed by atoms with Crippen molar-refractivity contribution in [3.63, 3.8) is 0 Å². The summed E-state index contributed by atoms with van der Waals surface area (Å²) in [5.74, 6) is 0.195. The number of carbonyl (C=O) groups is 2. The summed E-state index contributed by atoms with van der Waals surface area (Å²) in [5, 5.41) is 15.3. The number of nitrogens with zero attached hydrogens (tertiary/aromatic N) is 3. The summed E-state index contributed by atoms with van der Waals surface area (Å²) in [4.78, 5) is 24.8. The molecular formula is C23H23Cl2N5O2S. The molecule has 33 heavy (non-hydrogen) atoms. The lowest BCUT2D eigenvalue weighted by molar-refractivity contribution is -0.113. The topological polar surface area (TPSA) is 88.9 Å². The first-order chi connectivity index (χ1) is 15.9. The van der Waals surface area contributed by atoms with Gasteiger partial charge in [0.05, 0.1) is 22.9 Å². The number of nitrogens with one attached hydrogen (secondary N) is 2. The average molecular weight is 504 g/mol. The van der Waals surface area contributed by atoms with Gasteiger partial charge in [-0.15, -0.1) is 16.8 Å². The fourth-order valence-corrected chi connectivity index (χ4v) is 4.21. The molecule has 0 atom stereocenters. The van der Waals surface area contributed by atoms with Crippen molar-refractivity contribution >= 4 is 52.5 Å². The zero-order valence-corrected chi connectivity index (χ0v) is 20.3. The van der Waals surface area contributed by atoms with Crippen LogP contribution in [0.4, 0.5) is 5.69 Å². The molecule has 1 heterocycles. The van der Waals surface area contributed by atoms with Gasteiger partial charge in [0.15, 0.2) is 11.0 Å². The quantitative estimate of drug-likeness (QED) is 0.300. The van der Waals surface area contributed by atoms with Gasteiger partial charge in [-0.3, -0.25) is 9.59 Å². The summed E-state index contributed by atoms with van der Waals surface area (Å²) in [6.07, 6.45) is 2.64. The van der Waals surface area contributed by atoms with Crippen LogP contribution >= 0.6 is 35.0 Å². The van der Waals surface area contributed by atoms with Crippen molar-refractivity contribution in [2.75, 3.05) is 11.1 Å². The van der Waals surface area contributed by atoms with E-state index in [9.17, 15) is 9.59 Å². The maximum atomic E-state index is 12.5. The average Bonchev–Trinajstić information content (AvgIpc) is 3.18. The highest BCUT2D eigenvalue weighted by molar-refractivity contribution is 7.99. The van der Waals surface area contributed by atoms with E-state index in [-0.39, 0.29) is 29.1 Å². The summed E-state index contributed by atoms with van der Waals surface area (Å²) in [5.41, 5.74) is 2.27. The Kier molecular flexibility index (Phi) is 8.94. The minimum Gasteiger partial charge on any atom is -0.345 e. The van der Waals surface area contributed by atoms with Gasteiger partial charge in [0, 0.05) is 17.3 Å². The monoisotopic (exact) mass is 503 g/mol. The molecule has 0 spiro atoms. The van der Waals surface area contributed by atoms with Crippen LogP contribution in [0.25, 0.3) is 0 Å². The standard InChI is InChI=1S/C23H23Cl2N5O2S/c1-3-11-30-20(13-26-22(32)18-10-7-16(24)12-19(18)25)28-29-23(30)33-14-21(31)27-17-8-5-15(4-2)6-9-17/h3,5-10,12H,1,4,11,13-14H2,2H3,(H,26,32)(H,27,31). The van der Waals surface area contributed by atoms with E-state index in [1.165, 1.54) is 23.4 Å². The molecule has 0 fully saturated rings. The van der Waals surface area contributed by atoms with Crippen LogP contribution in [0.15, 0.2) is 60.3 Å². The van der Waals surface area contributed by atoms with Gasteiger partial charge in [-0.1, -0.05) is 60.1 Å². The van der Waals surface area contributed by atoms with Crippen molar-refractivity contribution in [2.24, 2.45) is 0 Å². The number of thioether (sulfide) groups is 1. The van der Waals surface area contributed by atoms with Crippen LogP contribution in [0.2, 0.25) is 10.0 Å². The van der Waals surface area contributed by atoms with Crippen LogP contribution in [0.3, 0.4) is 0 Å². The Hall–Kier alpha value is -2.81. The Bertz CT molecular complexity index is 1150. The predicted molar refractivity (Wildman–Crippen MR) is 133 cm³/mol. The van der Waals surface area contributed by atoms with Crippen molar-refractivity contribution in [1.82, 2.24) is 20.1 Å². The molecule has 3 aromatic rings. The third-order valence-electron chi connectivity index (χ3n) is 4.67. The van der Waals surface area contributed by atoms with Crippen molar-refractivity contribution in [2.45, 2.75) is 31.6 Å². The van der Waals surface area contributed by atoms with Crippen molar-refractivity contribution in [3.8, 4) is 0 Å². The van der Waals surface area contributed by atoms with Crippen molar-refractivity contribution in [1.29, 1.82) is 0 Å². The second-order valence-corrected chi connectivity index (χ2v) is 8.78. The zero-order valence-electron chi connectivity index (χ0n) is 18.0. The minimum atomic E-state index is -0.354. The number of hydrogen-bond acceptors (Lipinski definition) is 5. The number of hydrogen-bond donors (Lipinski definition) is 2. The molecule has 2 amide bonds. The number of amides is 2. The summed E-state index contributed by atoms with van der Waals surface area (Å²) >= 11 is 13.2. The Balaban J connectivity index is 1.60. The zero-order chi connectivity index (χ0) is 23.8. The third-order valence-corrected chi connectivity index (χ3v) is 6.18. The summed E-state index contributed by atoms with van der Waals surface area (Å²) in [6.45, 7) is 6.41. The van der Waals surface area contributed by atoms with Crippen LogP contribution < -0.4 is 10.6 Å². The number of allylic oxidation sites excluding steroid dienone is 1. The number of rotatable bonds is 10. The van der Waals surface area contributed by atoms with Gasteiger partial charge in [-0.05, 0) is 42.3 Å². The van der Waals surface area contributed by atoms with Gasteiger partial charge in [0.25, 0.3) is 5.91 Å². The van der Waals surface area contributed by atoms with Crippen molar-refractivity contribution < 1.29 is 9.59 Å². The third kappa shape index (κ3) is 6.83. The lowest BCUT2D eigenvalue weighted by Gasteiger charge is -2.10. The molecule has 7 nitrogen and oxygen atoms in total. The van der Waals surface area contributed by atoms with Gasteiger partial charge >= 0.3 is 0 Å². The predicted octanol–water partition coefficient (Wildman–Crippen LogP) is 4.99. The van der Waals surface area contributed by atoms with Gasteiger partial charge in [0.1, 0.15) is 0 Å². The lowest BCUT2D eigenvalue weighted by Crippen LogP contribution is -2.25. The molecule has 10 heteroatoms. The van der Waals surface area contributed by atoms with Gasteiger partial charge in [0.2, 0.25) is 5.91 Å². The van der Waals surface area contributed by atoms with Crippen LogP contribution in [0, 0.1) is 0 Å². The smallest absolute Gasteiger partial charge is 0.253 e. The minimum absolute atomic E-state index is 0.134. The maximum Gasteiger partial charge on any atom is 0.253 e. The van der Waals surface area contributed by atoms with E-state index in [4.69, 9.17) is 23.2 Å². The van der Waals surface area contributed by atoms with E-state index in [1.807, 2.05) is 24.3 Å². The number of benzene rings is 2. The van der Waals surface area contributed by atoms with Crippen LogP contribution in [-0.4, -0.2) is 32.3 Å². The fourth-order valence-electron chi connectivity index (χ4n) is 2.95. The number of halogens is 2. The Morgan fingerprint density at radius 1 is 1.15 bits per heavy atom. The number of carbonyl (C=O) groups excluding carboxylic acids is 2. The highest BCUT2D eigenvalue weighted by atomic mass is 35.5. The molecule has 1 aromatic heterocycles. The first kappa shape index (κ1) is 24.8. The second kappa shape index (κ2) is 11.9. The SMILES string of the molecule is C=CCn1c(CNC(=O)c2ccc(Cl)cc2Cl)nnc1SCC(=O)Nc1ccc(CC)cc1. The van der Waals surface area contributed by atoms with Crippen LogP contribution in [0.1, 0.15) is 28.7 Å². The molecular weight excluding hydrogens is 481 g/mol. The van der Waals surface area contributed by atoms with Crippen molar-refractivity contribution in [3.05, 3.63) is 82.1 Å². The van der Waals surface area contributed by atoms with Crippen LogP contribution in [0.5, 0.6) is 0 Å². The van der Waals surface area contributed by atoms with E-state index in [0.29, 0.717) is 28.1 Å². The number of aromatic nitrogens is 3. The van der Waals surface area contributed by atoms with Gasteiger partial charge in [-0.2, -0.15) is 0 Å². The Morgan fingerprint density at radius 2 is 1.91 bits per heavy atom. The molecule has 0 saturated heterocycles. The number of aryl methyl sites for hydroxylation is 1. The highest BCUT2D eigenvalue weighted by Gasteiger charge is 2.16. The molecule has 0 bridgehead atoms. The summed E-state index contributed by atoms with van der Waals surface area (Å²) in [7, 11) is 0. The largest absolute Gasteiger partial charge is 0.345 e. The molecule has 0 unspecified atom stereocenters. The maximum absolute atomic E-state index is 12.5. The van der Waals surface area contributed by atoms with E-state index >= 15 is 0 Å². The van der Waals surface area contributed by atoms with Gasteiger partial charge < -0.3 is 15.2 Å².